The average Bonchev–Trinajstić information content (AvgIpc) is 2.49. The molecule has 0 aliphatic heterocycles. The molecule has 0 aromatic heterocycles. The fourth-order valence-electron chi connectivity index (χ4n) is 1.66. The van der Waals surface area contributed by atoms with Crippen LogP contribution in [-0.2, 0) is 9.53 Å². The quantitative estimate of drug-likeness (QED) is 0.307. The Kier molecular flexibility index (Phi) is 12.7. The topological polar surface area (TPSA) is 46.5 Å². The fourth-order valence-corrected chi connectivity index (χ4v) is 1.66. The van der Waals surface area contributed by atoms with Gasteiger partial charge in [0.25, 0.3) is 0 Å². The minimum atomic E-state index is -0.889. The van der Waals surface area contributed by atoms with Gasteiger partial charge in [-0.15, -0.1) is 0 Å². The predicted molar refractivity (Wildman–Crippen MR) is 89.8 cm³/mol. The summed E-state index contributed by atoms with van der Waals surface area (Å²) in [5.74, 6) is 9.93. The molecule has 0 aliphatic rings. The minimum absolute atomic E-state index is 0.383. The number of aliphatic hydroxyl groups is 1. The van der Waals surface area contributed by atoms with Crippen molar-refractivity contribution in [3.63, 3.8) is 0 Å². The molecule has 0 unspecified atom stereocenters. The lowest BCUT2D eigenvalue weighted by Gasteiger charge is -2.05. The van der Waals surface area contributed by atoms with Crippen molar-refractivity contribution in [1.82, 2.24) is 0 Å². The Balaban J connectivity index is 4.33. The standard InChI is InChI=1S/C19H26O3/c1-4-6-7-8-9-10-11-15-19(22-17(3)20)16-13-12-14-18(21)5-2/h5,11,15,18-19,21H,2,4,6-10H2,1,3H3/b15-11-/t18-,19-/m1/s1. The van der Waals surface area contributed by atoms with E-state index < -0.39 is 12.2 Å². The van der Waals surface area contributed by atoms with Gasteiger partial charge in [0, 0.05) is 6.92 Å². The zero-order valence-electron chi connectivity index (χ0n) is 13.6. The molecule has 0 spiro atoms. The molecule has 3 nitrogen and oxygen atoms in total. The van der Waals surface area contributed by atoms with Crippen molar-refractivity contribution in [1.29, 1.82) is 0 Å². The summed E-state index contributed by atoms with van der Waals surface area (Å²) >= 11 is 0. The minimum Gasteiger partial charge on any atom is -0.445 e. The second kappa shape index (κ2) is 14.0. The molecule has 120 valence electrons. The van der Waals surface area contributed by atoms with Gasteiger partial charge < -0.3 is 9.84 Å². The van der Waals surface area contributed by atoms with Crippen LogP contribution in [0, 0.1) is 23.7 Å². The van der Waals surface area contributed by atoms with Gasteiger partial charge in [-0.3, -0.25) is 4.79 Å². The van der Waals surface area contributed by atoms with Crippen LogP contribution in [0.15, 0.2) is 24.8 Å². The summed E-state index contributed by atoms with van der Waals surface area (Å²) in [6.07, 6.45) is 10.7. The molecule has 0 rings (SSSR count). The number of aliphatic hydroxyl groups excluding tert-OH is 1. The van der Waals surface area contributed by atoms with Gasteiger partial charge in [0.05, 0.1) is 0 Å². The molecule has 0 aromatic carbocycles. The highest BCUT2D eigenvalue weighted by molar-refractivity contribution is 5.66. The lowest BCUT2D eigenvalue weighted by atomic mass is 10.1. The van der Waals surface area contributed by atoms with Crippen molar-refractivity contribution in [3.8, 4) is 23.7 Å². The highest BCUT2D eigenvalue weighted by Gasteiger charge is 2.02. The van der Waals surface area contributed by atoms with E-state index in [2.05, 4.69) is 37.2 Å². The molecule has 0 fully saturated rings. The van der Waals surface area contributed by atoms with Crippen LogP contribution in [0.25, 0.3) is 0 Å². The number of hydrogen-bond acceptors (Lipinski definition) is 3. The Morgan fingerprint density at radius 2 is 1.91 bits per heavy atom. The van der Waals surface area contributed by atoms with Crippen molar-refractivity contribution in [3.05, 3.63) is 24.8 Å². The molecule has 0 saturated heterocycles. The first-order valence-electron chi connectivity index (χ1n) is 7.75. The van der Waals surface area contributed by atoms with Gasteiger partial charge in [-0.05, 0) is 36.7 Å². The Hall–Kier alpha value is -1.97. The number of carbonyl (C=O) groups excluding carboxylic acids is 1. The normalized spacial score (nSPS) is 12.5. The van der Waals surface area contributed by atoms with E-state index in [-0.39, 0.29) is 5.97 Å². The first-order chi connectivity index (χ1) is 10.6. The van der Waals surface area contributed by atoms with Crippen LogP contribution in [0.2, 0.25) is 0 Å². The summed E-state index contributed by atoms with van der Waals surface area (Å²) in [6.45, 7) is 6.95. The van der Waals surface area contributed by atoms with E-state index in [1.807, 2.05) is 6.08 Å². The molecule has 1 N–H and O–H groups in total. The molecule has 0 saturated carbocycles. The third-order valence-corrected chi connectivity index (χ3v) is 2.80. The maximum absolute atomic E-state index is 11.0. The van der Waals surface area contributed by atoms with Crippen molar-refractivity contribution in [2.24, 2.45) is 0 Å². The van der Waals surface area contributed by atoms with E-state index in [1.54, 1.807) is 6.08 Å². The van der Waals surface area contributed by atoms with Gasteiger partial charge >= 0.3 is 5.97 Å². The lowest BCUT2D eigenvalue weighted by Crippen LogP contribution is -2.11. The van der Waals surface area contributed by atoms with Crippen LogP contribution >= 0.6 is 0 Å². The van der Waals surface area contributed by atoms with Gasteiger partial charge in [-0.2, -0.15) is 0 Å². The van der Waals surface area contributed by atoms with Crippen molar-refractivity contribution >= 4 is 5.97 Å². The maximum Gasteiger partial charge on any atom is 0.304 e. The number of unbranched alkanes of at least 4 members (excludes halogenated alkanes) is 5. The SMILES string of the molecule is C=C[C@@H](O)C#CC#C[C@@H](/C=C\CCCCCCC)OC(C)=O. The summed E-state index contributed by atoms with van der Waals surface area (Å²) in [5, 5.41) is 9.17. The second-order valence-electron chi connectivity index (χ2n) is 4.88. The van der Waals surface area contributed by atoms with E-state index >= 15 is 0 Å². The maximum atomic E-state index is 11.0. The number of ether oxygens (including phenoxy) is 1. The van der Waals surface area contributed by atoms with Gasteiger partial charge in [-0.25, -0.2) is 0 Å². The lowest BCUT2D eigenvalue weighted by molar-refractivity contribution is -0.142. The molecular weight excluding hydrogens is 276 g/mol. The molecule has 2 atom stereocenters. The van der Waals surface area contributed by atoms with E-state index in [0.29, 0.717) is 0 Å². The van der Waals surface area contributed by atoms with Crippen molar-refractivity contribution in [2.45, 2.75) is 64.6 Å². The summed E-state index contributed by atoms with van der Waals surface area (Å²) < 4.78 is 5.08. The smallest absolute Gasteiger partial charge is 0.304 e. The Morgan fingerprint density at radius 3 is 2.55 bits per heavy atom. The Bertz CT molecular complexity index is 468. The van der Waals surface area contributed by atoms with Gasteiger partial charge in [0.15, 0.2) is 6.10 Å². The summed E-state index contributed by atoms with van der Waals surface area (Å²) in [5.41, 5.74) is 0. The highest BCUT2D eigenvalue weighted by atomic mass is 16.5. The Labute approximate surface area is 134 Å². The van der Waals surface area contributed by atoms with Crippen LogP contribution < -0.4 is 0 Å². The Morgan fingerprint density at radius 1 is 1.23 bits per heavy atom. The first kappa shape index (κ1) is 20.0. The fraction of sp³-hybridized carbons (Fsp3) is 0.526. The number of allylic oxidation sites excluding steroid dienone is 1. The molecule has 0 bridgehead atoms. The predicted octanol–water partition coefficient (Wildman–Crippen LogP) is 3.39. The summed E-state index contributed by atoms with van der Waals surface area (Å²) in [4.78, 5) is 11.0. The van der Waals surface area contributed by atoms with Gasteiger partial charge in [0.1, 0.15) is 6.10 Å². The van der Waals surface area contributed by atoms with Gasteiger partial charge in [-0.1, -0.05) is 57.3 Å². The monoisotopic (exact) mass is 302 g/mol. The van der Waals surface area contributed by atoms with Crippen molar-refractivity contribution in [2.75, 3.05) is 0 Å². The van der Waals surface area contributed by atoms with E-state index in [9.17, 15) is 9.90 Å². The summed E-state index contributed by atoms with van der Waals surface area (Å²) in [7, 11) is 0. The van der Waals surface area contributed by atoms with Gasteiger partial charge in [0.2, 0.25) is 0 Å². The molecule has 3 heteroatoms. The van der Waals surface area contributed by atoms with E-state index in [0.717, 1.165) is 12.8 Å². The third kappa shape index (κ3) is 13.0. The molecular formula is C19H26O3. The average molecular weight is 302 g/mol. The highest BCUT2D eigenvalue weighted by Crippen LogP contribution is 2.06. The van der Waals surface area contributed by atoms with E-state index in [1.165, 1.54) is 38.7 Å². The zero-order chi connectivity index (χ0) is 16.6. The number of rotatable bonds is 9. The number of esters is 1. The third-order valence-electron chi connectivity index (χ3n) is 2.80. The summed E-state index contributed by atoms with van der Waals surface area (Å²) in [6, 6.07) is 0. The molecule has 0 aliphatic carbocycles. The van der Waals surface area contributed by atoms with Crippen LogP contribution in [0.4, 0.5) is 0 Å². The van der Waals surface area contributed by atoms with Crippen LogP contribution in [0.3, 0.4) is 0 Å². The van der Waals surface area contributed by atoms with Crippen LogP contribution in [-0.4, -0.2) is 23.3 Å². The second-order valence-corrected chi connectivity index (χ2v) is 4.88. The first-order valence-corrected chi connectivity index (χ1v) is 7.75. The van der Waals surface area contributed by atoms with Crippen molar-refractivity contribution < 1.29 is 14.6 Å². The van der Waals surface area contributed by atoms with Crippen LogP contribution in [0.5, 0.6) is 0 Å². The van der Waals surface area contributed by atoms with Crippen LogP contribution in [0.1, 0.15) is 52.4 Å². The number of carbonyl (C=O) groups is 1. The molecule has 0 aromatic rings. The molecule has 0 radical (unpaired) electrons. The molecule has 0 amide bonds. The van der Waals surface area contributed by atoms with E-state index in [4.69, 9.17) is 4.74 Å². The molecule has 22 heavy (non-hydrogen) atoms. The largest absolute Gasteiger partial charge is 0.445 e. The number of hydrogen-bond donors (Lipinski definition) is 1. The zero-order valence-corrected chi connectivity index (χ0v) is 13.6. The molecule has 0 heterocycles.